The molecule has 104 valence electrons. The molecular weight excluding hydrogens is 228 g/mol. The fourth-order valence-corrected chi connectivity index (χ4v) is 2.97. The number of carbonyl (C=O) groups is 1. The van der Waals surface area contributed by atoms with E-state index in [1.165, 1.54) is 19.4 Å². The Morgan fingerprint density at radius 1 is 1.50 bits per heavy atom. The lowest BCUT2D eigenvalue weighted by Gasteiger charge is -2.33. The van der Waals surface area contributed by atoms with Gasteiger partial charge in [-0.1, -0.05) is 0 Å². The molecule has 0 aliphatic carbocycles. The van der Waals surface area contributed by atoms with Crippen molar-refractivity contribution in [2.45, 2.75) is 38.3 Å². The predicted molar refractivity (Wildman–Crippen MR) is 72.4 cm³/mol. The van der Waals surface area contributed by atoms with E-state index in [0.717, 1.165) is 26.1 Å². The van der Waals surface area contributed by atoms with E-state index in [0.29, 0.717) is 12.0 Å². The maximum absolute atomic E-state index is 11.9. The highest BCUT2D eigenvalue weighted by Gasteiger charge is 2.35. The van der Waals surface area contributed by atoms with E-state index in [1.807, 2.05) is 11.8 Å². The van der Waals surface area contributed by atoms with Gasteiger partial charge in [0.05, 0.1) is 6.04 Å². The van der Waals surface area contributed by atoms with Crippen LogP contribution >= 0.6 is 0 Å². The van der Waals surface area contributed by atoms with Gasteiger partial charge in [-0.2, -0.15) is 0 Å². The fourth-order valence-electron chi connectivity index (χ4n) is 2.97. The summed E-state index contributed by atoms with van der Waals surface area (Å²) >= 11 is 0. The summed E-state index contributed by atoms with van der Waals surface area (Å²) in [6.07, 6.45) is 3.36. The van der Waals surface area contributed by atoms with Crippen LogP contribution < -0.4 is 11.1 Å². The molecule has 0 radical (unpaired) electrons. The number of nitrogens with two attached hydrogens (primary N) is 1. The molecule has 0 aromatic heterocycles. The van der Waals surface area contributed by atoms with Gasteiger partial charge in [0.1, 0.15) is 0 Å². The molecule has 2 rings (SSSR count). The number of nitrogens with zero attached hydrogens (tertiary/aromatic N) is 2. The number of piperidine rings is 1. The molecule has 5 nitrogen and oxygen atoms in total. The van der Waals surface area contributed by atoms with Crippen molar-refractivity contribution in [2.24, 2.45) is 11.7 Å². The average Bonchev–Trinajstić information content (AvgIpc) is 2.68. The summed E-state index contributed by atoms with van der Waals surface area (Å²) in [6, 6.07) is 0.583. The van der Waals surface area contributed by atoms with Crippen LogP contribution in [-0.2, 0) is 0 Å². The van der Waals surface area contributed by atoms with Crippen LogP contribution in [0.5, 0.6) is 0 Å². The minimum Gasteiger partial charge on any atom is -0.333 e. The van der Waals surface area contributed by atoms with E-state index in [1.54, 1.807) is 0 Å². The summed E-state index contributed by atoms with van der Waals surface area (Å²) in [7, 11) is 2.16. The molecule has 0 bridgehead atoms. The molecule has 2 heterocycles. The lowest BCUT2D eigenvalue weighted by atomic mass is 9.91. The molecule has 18 heavy (non-hydrogen) atoms. The summed E-state index contributed by atoms with van der Waals surface area (Å²) in [5.41, 5.74) is 5.75. The van der Waals surface area contributed by atoms with Crippen LogP contribution in [0.4, 0.5) is 4.79 Å². The van der Waals surface area contributed by atoms with Crippen LogP contribution in [0.1, 0.15) is 26.2 Å². The van der Waals surface area contributed by atoms with E-state index in [9.17, 15) is 4.79 Å². The zero-order chi connectivity index (χ0) is 13.1. The number of nitrogens with one attached hydrogen (secondary N) is 1. The molecule has 3 N–H and O–H groups in total. The standard InChI is InChI=1S/C13H26N4O/c1-10(14)5-7-17-9-12(15-13(17)18)11-4-3-6-16(2)8-11/h10-12H,3-9,14H2,1-2H3,(H,15,18). The van der Waals surface area contributed by atoms with Gasteiger partial charge in [0.25, 0.3) is 0 Å². The van der Waals surface area contributed by atoms with Gasteiger partial charge in [-0.3, -0.25) is 0 Å². The van der Waals surface area contributed by atoms with Crippen molar-refractivity contribution in [2.75, 3.05) is 33.2 Å². The van der Waals surface area contributed by atoms with Crippen LogP contribution in [0.15, 0.2) is 0 Å². The molecule has 2 amide bonds. The molecule has 2 aliphatic rings. The van der Waals surface area contributed by atoms with Crippen molar-refractivity contribution >= 4 is 6.03 Å². The monoisotopic (exact) mass is 254 g/mol. The van der Waals surface area contributed by atoms with E-state index in [2.05, 4.69) is 17.3 Å². The van der Waals surface area contributed by atoms with Gasteiger partial charge in [-0.25, -0.2) is 4.79 Å². The Hall–Kier alpha value is -0.810. The second kappa shape index (κ2) is 5.89. The number of hydrogen-bond donors (Lipinski definition) is 2. The van der Waals surface area contributed by atoms with Gasteiger partial charge < -0.3 is 20.9 Å². The Morgan fingerprint density at radius 3 is 2.94 bits per heavy atom. The Bertz CT molecular complexity index is 295. The number of carbonyl (C=O) groups excluding carboxylic acids is 1. The van der Waals surface area contributed by atoms with Crippen molar-refractivity contribution in [1.82, 2.24) is 15.1 Å². The third kappa shape index (κ3) is 3.36. The average molecular weight is 254 g/mol. The minimum atomic E-state index is 0.0916. The Labute approximate surface area is 110 Å². The highest BCUT2D eigenvalue weighted by Crippen LogP contribution is 2.22. The van der Waals surface area contributed by atoms with Gasteiger partial charge in [-0.05, 0) is 45.7 Å². The molecule has 0 spiro atoms. The summed E-state index contributed by atoms with van der Waals surface area (Å²) in [5, 5.41) is 3.14. The first kappa shape index (κ1) is 13.6. The van der Waals surface area contributed by atoms with E-state index >= 15 is 0 Å². The van der Waals surface area contributed by atoms with Crippen LogP contribution in [0.3, 0.4) is 0 Å². The third-order valence-electron chi connectivity index (χ3n) is 4.10. The second-order valence-corrected chi connectivity index (χ2v) is 5.93. The molecule has 3 atom stereocenters. The normalized spacial score (nSPS) is 31.5. The Morgan fingerprint density at radius 2 is 2.28 bits per heavy atom. The lowest BCUT2D eigenvalue weighted by molar-refractivity contribution is 0.180. The number of rotatable bonds is 4. The summed E-state index contributed by atoms with van der Waals surface area (Å²) in [5.74, 6) is 0.605. The van der Waals surface area contributed by atoms with Crippen LogP contribution in [-0.4, -0.2) is 61.1 Å². The van der Waals surface area contributed by atoms with E-state index in [-0.39, 0.29) is 12.1 Å². The first-order valence-corrected chi connectivity index (χ1v) is 7.06. The maximum Gasteiger partial charge on any atom is 0.317 e. The van der Waals surface area contributed by atoms with Crippen molar-refractivity contribution in [3.63, 3.8) is 0 Å². The van der Waals surface area contributed by atoms with Crippen molar-refractivity contribution in [3.8, 4) is 0 Å². The summed E-state index contributed by atoms with van der Waals surface area (Å²) < 4.78 is 0. The van der Waals surface area contributed by atoms with Gasteiger partial charge in [-0.15, -0.1) is 0 Å². The first-order valence-electron chi connectivity index (χ1n) is 7.06. The molecule has 2 saturated heterocycles. The number of urea groups is 1. The summed E-state index contributed by atoms with van der Waals surface area (Å²) in [4.78, 5) is 16.2. The minimum absolute atomic E-state index is 0.0916. The maximum atomic E-state index is 11.9. The molecule has 0 aromatic rings. The number of amides is 2. The molecule has 5 heteroatoms. The van der Waals surface area contributed by atoms with Gasteiger partial charge in [0, 0.05) is 25.7 Å². The van der Waals surface area contributed by atoms with Crippen LogP contribution in [0.25, 0.3) is 0 Å². The SMILES string of the molecule is CC(N)CCN1CC(C2CCCN(C)C2)NC1=O. The van der Waals surface area contributed by atoms with Crippen LogP contribution in [0, 0.1) is 5.92 Å². The zero-order valence-electron chi connectivity index (χ0n) is 11.6. The molecule has 2 fully saturated rings. The smallest absolute Gasteiger partial charge is 0.317 e. The number of hydrogen-bond acceptors (Lipinski definition) is 3. The summed E-state index contributed by atoms with van der Waals surface area (Å²) in [6.45, 7) is 5.91. The van der Waals surface area contributed by atoms with E-state index in [4.69, 9.17) is 5.73 Å². The van der Waals surface area contributed by atoms with E-state index < -0.39 is 0 Å². The fraction of sp³-hybridized carbons (Fsp3) is 0.923. The highest BCUT2D eigenvalue weighted by molar-refractivity contribution is 5.76. The predicted octanol–water partition coefficient (Wildman–Crippen LogP) is 0.459. The quantitative estimate of drug-likeness (QED) is 0.766. The Kier molecular flexibility index (Phi) is 4.45. The van der Waals surface area contributed by atoms with Crippen LogP contribution in [0.2, 0.25) is 0 Å². The second-order valence-electron chi connectivity index (χ2n) is 5.93. The molecule has 3 unspecified atom stereocenters. The van der Waals surface area contributed by atoms with Crippen molar-refractivity contribution in [3.05, 3.63) is 0 Å². The molecule has 0 saturated carbocycles. The Balaban J connectivity index is 1.83. The third-order valence-corrected chi connectivity index (χ3v) is 4.10. The van der Waals surface area contributed by atoms with Crippen molar-refractivity contribution < 1.29 is 4.79 Å². The first-order chi connectivity index (χ1) is 8.56. The zero-order valence-corrected chi connectivity index (χ0v) is 11.6. The largest absolute Gasteiger partial charge is 0.333 e. The molecular formula is C13H26N4O. The topological polar surface area (TPSA) is 61.6 Å². The lowest BCUT2D eigenvalue weighted by Crippen LogP contribution is -2.43. The van der Waals surface area contributed by atoms with Gasteiger partial charge in [0.2, 0.25) is 0 Å². The highest BCUT2D eigenvalue weighted by atomic mass is 16.2. The van der Waals surface area contributed by atoms with Gasteiger partial charge >= 0.3 is 6.03 Å². The molecule has 2 aliphatic heterocycles. The van der Waals surface area contributed by atoms with Crippen molar-refractivity contribution in [1.29, 1.82) is 0 Å². The number of likely N-dealkylation sites (tertiary alicyclic amines) is 1. The molecule has 0 aromatic carbocycles. The van der Waals surface area contributed by atoms with Gasteiger partial charge in [0.15, 0.2) is 0 Å².